The molecule has 0 unspecified atom stereocenters. The number of ether oxygens (including phenoxy) is 1. The molecule has 0 aliphatic carbocycles. The van der Waals surface area contributed by atoms with Crippen molar-refractivity contribution in [3.8, 4) is 11.1 Å². The third-order valence-electron chi connectivity index (χ3n) is 8.08. The highest BCUT2D eigenvalue weighted by atomic mass is 16.6. The van der Waals surface area contributed by atoms with Crippen LogP contribution >= 0.6 is 0 Å². The topological polar surface area (TPSA) is 95.3 Å². The van der Waals surface area contributed by atoms with Crippen molar-refractivity contribution in [1.82, 2.24) is 24.4 Å². The quantitative estimate of drug-likeness (QED) is 0.359. The van der Waals surface area contributed by atoms with E-state index < -0.39 is 5.60 Å². The molecule has 0 bridgehead atoms. The normalized spacial score (nSPS) is 17.2. The summed E-state index contributed by atoms with van der Waals surface area (Å²) in [6.45, 7) is 11.0. The Hall–Kier alpha value is -4.18. The van der Waals surface area contributed by atoms with Crippen LogP contribution in [0.25, 0.3) is 27.5 Å². The first-order valence-electron chi connectivity index (χ1n) is 14.3. The molecular weight excluding hydrogens is 518 g/mol. The summed E-state index contributed by atoms with van der Waals surface area (Å²) in [4.78, 5) is 35.1. The van der Waals surface area contributed by atoms with Crippen molar-refractivity contribution in [2.24, 2.45) is 0 Å². The van der Waals surface area contributed by atoms with Crippen molar-refractivity contribution in [2.45, 2.75) is 45.3 Å². The third kappa shape index (κ3) is 5.56. The Bertz CT molecular complexity index is 1560. The molecule has 0 spiro atoms. The number of nitrogens with zero attached hydrogens (tertiary/aromatic N) is 6. The van der Waals surface area contributed by atoms with Gasteiger partial charge in [-0.15, -0.1) is 0 Å². The van der Waals surface area contributed by atoms with E-state index in [2.05, 4.69) is 38.5 Å². The van der Waals surface area contributed by atoms with Gasteiger partial charge in [0.15, 0.2) is 5.65 Å². The van der Waals surface area contributed by atoms with Gasteiger partial charge in [-0.25, -0.2) is 14.3 Å². The summed E-state index contributed by atoms with van der Waals surface area (Å²) in [7, 11) is 0. The minimum Gasteiger partial charge on any atom is -0.444 e. The molecule has 4 heterocycles. The molecule has 2 amide bonds. The van der Waals surface area contributed by atoms with Crippen LogP contribution < -0.4 is 10.2 Å². The summed E-state index contributed by atoms with van der Waals surface area (Å²) in [5.74, 6) is 0. The smallest absolute Gasteiger partial charge is 0.410 e. The van der Waals surface area contributed by atoms with Crippen LogP contribution in [0.5, 0.6) is 0 Å². The molecule has 6 rings (SSSR count). The van der Waals surface area contributed by atoms with Crippen molar-refractivity contribution in [3.63, 3.8) is 0 Å². The molecule has 0 saturated carbocycles. The second-order valence-electron chi connectivity index (χ2n) is 11.8. The Morgan fingerprint density at radius 2 is 1.68 bits per heavy atom. The van der Waals surface area contributed by atoms with E-state index in [0.717, 1.165) is 91.0 Å². The number of hydrogen-bond donors (Lipinski definition) is 1. The summed E-state index contributed by atoms with van der Waals surface area (Å²) in [6, 6.07) is 12.5. The SMILES string of the molecule is CC(C)(C)OC(=O)N1CCC(N2CCN(c3cnc4c(-c5cccc6c(NC=O)cccc56)cnn4c3)CC2)CC1. The molecule has 2 fully saturated rings. The maximum absolute atomic E-state index is 12.4. The Morgan fingerprint density at radius 1 is 0.951 bits per heavy atom. The van der Waals surface area contributed by atoms with Crippen molar-refractivity contribution in [1.29, 1.82) is 0 Å². The first-order chi connectivity index (χ1) is 19.8. The van der Waals surface area contributed by atoms with Crippen LogP contribution in [0.4, 0.5) is 16.2 Å². The van der Waals surface area contributed by atoms with Crippen LogP contribution in [0, 0.1) is 0 Å². The Morgan fingerprint density at radius 3 is 2.41 bits per heavy atom. The van der Waals surface area contributed by atoms with Gasteiger partial charge in [-0.2, -0.15) is 5.10 Å². The lowest BCUT2D eigenvalue weighted by Gasteiger charge is -2.43. The van der Waals surface area contributed by atoms with E-state index in [0.29, 0.717) is 12.5 Å². The molecule has 10 nitrogen and oxygen atoms in total. The average Bonchev–Trinajstić information content (AvgIpc) is 3.40. The van der Waals surface area contributed by atoms with E-state index >= 15 is 0 Å². The Labute approximate surface area is 239 Å². The number of piperazine rings is 1. The number of fused-ring (bicyclic) bond motifs is 2. The van der Waals surface area contributed by atoms with Crippen LogP contribution in [0.15, 0.2) is 55.0 Å². The maximum Gasteiger partial charge on any atom is 0.410 e. The number of rotatable bonds is 5. The molecule has 10 heteroatoms. The molecule has 2 aromatic carbocycles. The van der Waals surface area contributed by atoms with Gasteiger partial charge in [-0.3, -0.25) is 9.69 Å². The predicted octanol–water partition coefficient (Wildman–Crippen LogP) is 4.64. The summed E-state index contributed by atoms with van der Waals surface area (Å²) in [5.41, 5.74) is 4.15. The van der Waals surface area contributed by atoms with Gasteiger partial charge in [0.05, 0.1) is 24.3 Å². The molecule has 2 aliphatic heterocycles. The number of amides is 2. The molecular formula is C31H37N7O3. The van der Waals surface area contributed by atoms with Gasteiger partial charge in [-0.1, -0.05) is 30.3 Å². The minimum absolute atomic E-state index is 0.203. The number of hydrogen-bond acceptors (Lipinski definition) is 7. The van der Waals surface area contributed by atoms with Crippen LogP contribution in [0.2, 0.25) is 0 Å². The average molecular weight is 556 g/mol. The van der Waals surface area contributed by atoms with Gasteiger partial charge in [0.2, 0.25) is 6.41 Å². The van der Waals surface area contributed by atoms with Gasteiger partial charge < -0.3 is 19.9 Å². The van der Waals surface area contributed by atoms with Crippen molar-refractivity contribution in [3.05, 3.63) is 55.0 Å². The lowest BCUT2D eigenvalue weighted by atomic mass is 9.99. The van der Waals surface area contributed by atoms with Gasteiger partial charge in [0.1, 0.15) is 5.60 Å². The number of anilines is 2. The van der Waals surface area contributed by atoms with Crippen LogP contribution in [0.1, 0.15) is 33.6 Å². The number of benzene rings is 2. The second-order valence-corrected chi connectivity index (χ2v) is 11.8. The summed E-state index contributed by atoms with van der Waals surface area (Å²) < 4.78 is 7.41. The lowest BCUT2D eigenvalue weighted by molar-refractivity contribution is -0.105. The number of likely N-dealkylation sites (tertiary alicyclic amines) is 1. The van der Waals surface area contributed by atoms with Gasteiger partial charge >= 0.3 is 6.09 Å². The summed E-state index contributed by atoms with van der Waals surface area (Å²) >= 11 is 0. The first kappa shape index (κ1) is 27.0. The van der Waals surface area contributed by atoms with Crippen LogP contribution in [0.3, 0.4) is 0 Å². The second kappa shape index (κ2) is 11.0. The van der Waals surface area contributed by atoms with Gasteiger partial charge in [-0.05, 0) is 50.6 Å². The van der Waals surface area contributed by atoms with Gasteiger partial charge in [0, 0.05) is 61.9 Å². The fraction of sp³-hybridized carbons (Fsp3) is 0.419. The standard InChI is InChI=1S/C31H37N7O3/c1-31(2,3)41-30(40)37-12-10-22(11-13-37)35-14-16-36(17-15-35)23-18-32-29-27(19-34-38(29)20-23)25-6-4-8-26-24(25)7-5-9-28(26)33-21-39/h4-9,18-22H,10-17H2,1-3H3,(H,33,39). The molecule has 41 heavy (non-hydrogen) atoms. The van der Waals surface area contributed by atoms with E-state index in [9.17, 15) is 9.59 Å². The number of nitrogens with one attached hydrogen (secondary N) is 1. The van der Waals surface area contributed by atoms with Crippen molar-refractivity contribution < 1.29 is 14.3 Å². The molecule has 0 atom stereocenters. The predicted molar refractivity (Wildman–Crippen MR) is 160 cm³/mol. The highest BCUT2D eigenvalue weighted by Crippen LogP contribution is 2.34. The van der Waals surface area contributed by atoms with E-state index in [-0.39, 0.29) is 6.09 Å². The molecule has 1 N–H and O–H groups in total. The maximum atomic E-state index is 12.4. The molecule has 2 aromatic heterocycles. The minimum atomic E-state index is -0.463. The number of piperidine rings is 1. The van der Waals surface area contributed by atoms with E-state index in [4.69, 9.17) is 9.72 Å². The molecule has 2 aliphatic rings. The highest BCUT2D eigenvalue weighted by Gasteiger charge is 2.31. The van der Waals surface area contributed by atoms with Crippen LogP contribution in [-0.2, 0) is 9.53 Å². The Balaban J connectivity index is 1.11. The Kier molecular flexibility index (Phi) is 7.25. The van der Waals surface area contributed by atoms with Crippen molar-refractivity contribution in [2.75, 3.05) is 49.5 Å². The van der Waals surface area contributed by atoms with Gasteiger partial charge in [0.25, 0.3) is 0 Å². The molecule has 4 aromatic rings. The van der Waals surface area contributed by atoms with E-state index in [1.165, 1.54) is 0 Å². The number of carbonyl (C=O) groups is 2. The molecule has 2 saturated heterocycles. The van der Waals surface area contributed by atoms with Crippen LogP contribution in [-0.4, -0.2) is 87.8 Å². The molecule has 214 valence electrons. The zero-order valence-electron chi connectivity index (χ0n) is 23.9. The number of carbonyl (C=O) groups excluding carboxylic acids is 2. The summed E-state index contributed by atoms with van der Waals surface area (Å²) in [6.07, 6.45) is 8.32. The first-order valence-corrected chi connectivity index (χ1v) is 14.3. The zero-order chi connectivity index (χ0) is 28.6. The molecule has 0 radical (unpaired) electrons. The highest BCUT2D eigenvalue weighted by molar-refractivity contribution is 6.06. The monoisotopic (exact) mass is 555 g/mol. The third-order valence-corrected chi connectivity index (χ3v) is 8.08. The summed E-state index contributed by atoms with van der Waals surface area (Å²) in [5, 5.41) is 9.45. The number of aromatic nitrogens is 3. The van der Waals surface area contributed by atoms with E-state index in [1.54, 1.807) is 0 Å². The lowest BCUT2D eigenvalue weighted by Crippen LogP contribution is -2.54. The fourth-order valence-corrected chi connectivity index (χ4v) is 6.04. The fourth-order valence-electron chi connectivity index (χ4n) is 6.04. The van der Waals surface area contributed by atoms with E-state index in [1.807, 2.05) is 66.8 Å². The van der Waals surface area contributed by atoms with Crippen molar-refractivity contribution >= 4 is 40.3 Å². The zero-order valence-corrected chi connectivity index (χ0v) is 23.9. The largest absolute Gasteiger partial charge is 0.444 e.